The van der Waals surface area contributed by atoms with Crippen molar-refractivity contribution in [1.82, 2.24) is 0 Å². The van der Waals surface area contributed by atoms with Crippen LogP contribution >= 0.6 is 0 Å². The lowest BCUT2D eigenvalue weighted by Crippen LogP contribution is -2.30. The van der Waals surface area contributed by atoms with Gasteiger partial charge in [-0.05, 0) is 69.1 Å². The van der Waals surface area contributed by atoms with E-state index in [2.05, 4.69) is 134 Å². The lowest BCUT2D eigenvalue weighted by molar-refractivity contribution is 0.632. The highest BCUT2D eigenvalue weighted by molar-refractivity contribution is 6.25. The number of rotatable bonds is 2. The Morgan fingerprint density at radius 2 is 1.00 bits per heavy atom. The minimum Gasteiger partial charge on any atom is -0.309 e. The molecule has 0 aromatic heterocycles. The van der Waals surface area contributed by atoms with Crippen molar-refractivity contribution in [3.05, 3.63) is 150 Å². The van der Waals surface area contributed by atoms with Crippen molar-refractivity contribution in [3.8, 4) is 23.3 Å². The highest BCUT2D eigenvalue weighted by atomic mass is 15.2. The minimum absolute atomic E-state index is 0.185. The van der Waals surface area contributed by atoms with Crippen LogP contribution in [0.3, 0.4) is 0 Å². The Bertz CT molecular complexity index is 2320. The first kappa shape index (κ1) is 25.8. The number of anilines is 3. The van der Waals surface area contributed by atoms with Crippen LogP contribution in [0.5, 0.6) is 0 Å². The molecule has 0 aliphatic carbocycles. The van der Waals surface area contributed by atoms with E-state index in [-0.39, 0.29) is 5.41 Å². The third-order valence-electron chi connectivity index (χ3n) is 9.28. The van der Waals surface area contributed by atoms with Gasteiger partial charge in [0.2, 0.25) is 0 Å². The third-order valence-corrected chi connectivity index (χ3v) is 9.28. The molecule has 0 radical (unpaired) electrons. The fourth-order valence-electron chi connectivity index (χ4n) is 7.27. The van der Waals surface area contributed by atoms with E-state index in [4.69, 9.17) is 0 Å². The number of hydrogen-bond acceptors (Lipinski definition) is 3. The number of hydrogen-bond donors (Lipinski definition) is 0. The van der Waals surface area contributed by atoms with Crippen molar-refractivity contribution < 1.29 is 0 Å². The highest BCUT2D eigenvalue weighted by Gasteiger charge is 2.37. The first-order chi connectivity index (χ1) is 21.5. The van der Waals surface area contributed by atoms with Crippen LogP contribution in [0.1, 0.15) is 36.1 Å². The SMILES string of the molecule is CC1(C)c2ccccc2N(c2c3ccccc3c(-c3c(C#N)cccc3C#N)c3cc4ccccc4cc23)c2ccccc21. The summed E-state index contributed by atoms with van der Waals surface area (Å²) in [6.07, 6.45) is 0. The summed E-state index contributed by atoms with van der Waals surface area (Å²) < 4.78 is 0. The van der Waals surface area contributed by atoms with Gasteiger partial charge in [-0.3, -0.25) is 0 Å². The van der Waals surface area contributed by atoms with Crippen LogP contribution in [-0.4, -0.2) is 0 Å². The first-order valence-electron chi connectivity index (χ1n) is 14.8. The molecule has 0 amide bonds. The van der Waals surface area contributed by atoms with Crippen LogP contribution < -0.4 is 4.90 Å². The summed E-state index contributed by atoms with van der Waals surface area (Å²) in [5.74, 6) is 0. The monoisotopic (exact) mass is 561 g/mol. The Morgan fingerprint density at radius 1 is 0.500 bits per heavy atom. The summed E-state index contributed by atoms with van der Waals surface area (Å²) in [7, 11) is 0. The normalized spacial score (nSPS) is 13.3. The Balaban J connectivity index is 1.63. The molecule has 7 aromatic carbocycles. The molecular weight excluding hydrogens is 534 g/mol. The molecule has 206 valence electrons. The summed E-state index contributed by atoms with van der Waals surface area (Å²) in [5, 5.41) is 26.9. The van der Waals surface area contributed by atoms with Gasteiger partial charge in [-0.2, -0.15) is 10.5 Å². The van der Waals surface area contributed by atoms with Gasteiger partial charge in [-0.15, -0.1) is 0 Å². The fourth-order valence-corrected chi connectivity index (χ4v) is 7.27. The average molecular weight is 562 g/mol. The van der Waals surface area contributed by atoms with Crippen molar-refractivity contribution in [2.24, 2.45) is 0 Å². The Morgan fingerprint density at radius 3 is 1.59 bits per heavy atom. The predicted octanol–water partition coefficient (Wildman–Crippen LogP) is 10.7. The van der Waals surface area contributed by atoms with Crippen LogP contribution in [0, 0.1) is 22.7 Å². The van der Waals surface area contributed by atoms with Crippen LogP contribution in [0.4, 0.5) is 17.1 Å². The van der Waals surface area contributed by atoms with Crippen molar-refractivity contribution in [2.75, 3.05) is 4.90 Å². The molecule has 1 aliphatic rings. The first-order valence-corrected chi connectivity index (χ1v) is 14.8. The standard InChI is InChI=1S/C41H27N3/c1-41(2)34-18-7-9-20-36(34)44(37-21-10-8-19-35(37)41)40-31-17-6-5-16-30(31)39(38-28(24-42)14-11-15-29(38)25-43)32-22-26-12-3-4-13-27(26)23-33(32)40/h3-23H,1-2H3. The molecule has 3 nitrogen and oxygen atoms in total. The summed E-state index contributed by atoms with van der Waals surface area (Å²) in [6, 6.07) is 49.0. The molecule has 1 aliphatic heterocycles. The maximum absolute atomic E-state index is 10.3. The van der Waals surface area contributed by atoms with Gasteiger partial charge >= 0.3 is 0 Å². The Labute approximate surface area is 256 Å². The van der Waals surface area contributed by atoms with Crippen molar-refractivity contribution in [3.63, 3.8) is 0 Å². The van der Waals surface area contributed by atoms with E-state index >= 15 is 0 Å². The minimum atomic E-state index is -0.185. The molecule has 3 heteroatoms. The molecule has 7 aromatic rings. The molecule has 0 fully saturated rings. The molecule has 0 atom stereocenters. The number of para-hydroxylation sites is 2. The van der Waals surface area contributed by atoms with Crippen LogP contribution in [-0.2, 0) is 5.41 Å². The van der Waals surface area contributed by atoms with Crippen molar-refractivity contribution in [2.45, 2.75) is 19.3 Å². The Hall–Kier alpha value is -5.90. The van der Waals surface area contributed by atoms with Gasteiger partial charge in [0, 0.05) is 27.3 Å². The fraction of sp³-hybridized carbons (Fsp3) is 0.0732. The van der Waals surface area contributed by atoms with E-state index < -0.39 is 0 Å². The quantitative estimate of drug-likeness (QED) is 0.197. The smallest absolute Gasteiger partial charge is 0.0998 e. The van der Waals surface area contributed by atoms with Crippen LogP contribution in [0.2, 0.25) is 0 Å². The molecule has 44 heavy (non-hydrogen) atoms. The highest BCUT2D eigenvalue weighted by Crippen LogP contribution is 2.56. The predicted molar refractivity (Wildman–Crippen MR) is 181 cm³/mol. The van der Waals surface area contributed by atoms with Crippen LogP contribution in [0.15, 0.2) is 127 Å². The van der Waals surface area contributed by atoms with Crippen molar-refractivity contribution >= 4 is 49.4 Å². The molecule has 1 heterocycles. The topological polar surface area (TPSA) is 50.8 Å². The summed E-state index contributed by atoms with van der Waals surface area (Å²) in [5.41, 5.74) is 8.32. The van der Waals surface area contributed by atoms with Gasteiger partial charge in [-0.1, -0.05) is 105 Å². The molecular formula is C41H27N3. The Kier molecular flexibility index (Phi) is 5.60. The van der Waals surface area contributed by atoms with E-state index in [0.717, 1.165) is 54.9 Å². The van der Waals surface area contributed by atoms with Gasteiger partial charge in [0.25, 0.3) is 0 Å². The van der Waals surface area contributed by atoms with Crippen molar-refractivity contribution in [1.29, 1.82) is 10.5 Å². The second-order valence-electron chi connectivity index (χ2n) is 12.0. The van der Waals surface area contributed by atoms with Gasteiger partial charge < -0.3 is 4.90 Å². The third kappa shape index (κ3) is 3.54. The molecule has 0 saturated heterocycles. The zero-order chi connectivity index (χ0) is 30.0. The number of benzene rings is 7. The zero-order valence-corrected chi connectivity index (χ0v) is 24.5. The summed E-state index contributed by atoms with van der Waals surface area (Å²) in [4.78, 5) is 2.43. The maximum Gasteiger partial charge on any atom is 0.0998 e. The molecule has 0 spiro atoms. The largest absolute Gasteiger partial charge is 0.309 e. The molecule has 8 rings (SSSR count). The summed E-state index contributed by atoms with van der Waals surface area (Å²) in [6.45, 7) is 4.61. The molecule has 0 saturated carbocycles. The molecule has 0 bridgehead atoms. The van der Waals surface area contributed by atoms with Gasteiger partial charge in [0.05, 0.1) is 40.3 Å². The number of nitriles is 2. The second-order valence-corrected chi connectivity index (χ2v) is 12.0. The molecule has 0 N–H and O–H groups in total. The maximum atomic E-state index is 10.3. The number of nitrogens with zero attached hydrogens (tertiary/aromatic N) is 3. The zero-order valence-electron chi connectivity index (χ0n) is 24.5. The van der Waals surface area contributed by atoms with Gasteiger partial charge in [0.1, 0.15) is 0 Å². The van der Waals surface area contributed by atoms with Gasteiger partial charge in [0.15, 0.2) is 0 Å². The van der Waals surface area contributed by atoms with E-state index in [1.807, 2.05) is 18.2 Å². The van der Waals surface area contributed by atoms with E-state index in [9.17, 15) is 10.5 Å². The van der Waals surface area contributed by atoms with Gasteiger partial charge in [-0.25, -0.2) is 0 Å². The number of fused-ring (bicyclic) bond motifs is 5. The van der Waals surface area contributed by atoms with E-state index in [1.165, 1.54) is 11.1 Å². The second kappa shape index (κ2) is 9.56. The lowest BCUT2D eigenvalue weighted by atomic mass is 9.73. The van der Waals surface area contributed by atoms with E-state index in [1.54, 1.807) is 6.07 Å². The van der Waals surface area contributed by atoms with E-state index in [0.29, 0.717) is 16.7 Å². The summed E-state index contributed by atoms with van der Waals surface area (Å²) >= 11 is 0. The lowest BCUT2D eigenvalue weighted by Gasteiger charge is -2.42. The molecule has 0 unspecified atom stereocenters. The van der Waals surface area contributed by atoms with Crippen LogP contribution in [0.25, 0.3) is 43.4 Å². The average Bonchev–Trinajstić information content (AvgIpc) is 3.07.